The molecule has 0 aliphatic heterocycles. The minimum absolute atomic E-state index is 0.0585. The molecule has 1 atom stereocenters. The largest absolute Gasteiger partial charge is 0.507 e. The van der Waals surface area contributed by atoms with Crippen molar-refractivity contribution < 1.29 is 14.3 Å². The van der Waals surface area contributed by atoms with Crippen molar-refractivity contribution in [2.24, 2.45) is 5.92 Å². The highest BCUT2D eigenvalue weighted by Crippen LogP contribution is 2.17. The van der Waals surface area contributed by atoms with Crippen molar-refractivity contribution in [2.45, 2.75) is 6.92 Å². The number of benzene rings is 1. The summed E-state index contributed by atoms with van der Waals surface area (Å²) >= 11 is 5.58. The smallest absolute Gasteiger partial charge is 0.255 e. The summed E-state index contributed by atoms with van der Waals surface area (Å²) in [5.41, 5.74) is 0.0585. The highest BCUT2D eigenvalue weighted by atomic mass is 35.5. The zero-order valence-electron chi connectivity index (χ0n) is 8.84. The van der Waals surface area contributed by atoms with E-state index < -0.39 is 11.7 Å². The molecule has 0 fully saturated rings. The lowest BCUT2D eigenvalue weighted by molar-refractivity contribution is 0.0946. The second-order valence-electron chi connectivity index (χ2n) is 3.63. The van der Waals surface area contributed by atoms with Crippen LogP contribution in [0.1, 0.15) is 17.3 Å². The number of rotatable bonds is 4. The SMILES string of the molecule is CC(CCl)CNC(=O)c1ccc(F)cc1O. The van der Waals surface area contributed by atoms with Gasteiger partial charge in [0.05, 0.1) is 5.56 Å². The molecule has 5 heteroatoms. The van der Waals surface area contributed by atoms with Gasteiger partial charge in [0, 0.05) is 18.5 Å². The Labute approximate surface area is 98.2 Å². The molecule has 0 aliphatic rings. The van der Waals surface area contributed by atoms with E-state index in [0.717, 1.165) is 12.1 Å². The number of alkyl halides is 1. The Morgan fingerprint density at radius 3 is 2.88 bits per heavy atom. The van der Waals surface area contributed by atoms with Crippen LogP contribution in [0.25, 0.3) is 0 Å². The molecule has 0 aromatic heterocycles. The minimum Gasteiger partial charge on any atom is -0.507 e. The Morgan fingerprint density at radius 2 is 2.31 bits per heavy atom. The van der Waals surface area contributed by atoms with E-state index in [1.165, 1.54) is 6.07 Å². The molecule has 0 spiro atoms. The van der Waals surface area contributed by atoms with Crippen molar-refractivity contribution >= 4 is 17.5 Å². The molecule has 3 nitrogen and oxygen atoms in total. The maximum Gasteiger partial charge on any atom is 0.255 e. The number of halogens is 2. The van der Waals surface area contributed by atoms with E-state index in [-0.39, 0.29) is 17.2 Å². The van der Waals surface area contributed by atoms with Crippen molar-refractivity contribution in [1.82, 2.24) is 5.32 Å². The number of hydrogen-bond acceptors (Lipinski definition) is 2. The molecular weight excluding hydrogens is 233 g/mol. The van der Waals surface area contributed by atoms with Crippen molar-refractivity contribution in [3.63, 3.8) is 0 Å². The average molecular weight is 246 g/mol. The standard InChI is InChI=1S/C11H13ClFNO2/c1-7(5-12)6-14-11(16)9-3-2-8(13)4-10(9)15/h2-4,7,15H,5-6H2,1H3,(H,14,16). The molecule has 1 aromatic carbocycles. The van der Waals surface area contributed by atoms with Gasteiger partial charge in [-0.1, -0.05) is 6.92 Å². The fourth-order valence-electron chi connectivity index (χ4n) is 1.11. The van der Waals surface area contributed by atoms with Crippen LogP contribution in [0.5, 0.6) is 5.75 Å². The van der Waals surface area contributed by atoms with Crippen molar-refractivity contribution in [3.05, 3.63) is 29.6 Å². The summed E-state index contributed by atoms with van der Waals surface area (Å²) in [6.45, 7) is 2.30. The van der Waals surface area contributed by atoms with Crippen LogP contribution in [0.3, 0.4) is 0 Å². The Balaban J connectivity index is 2.66. The van der Waals surface area contributed by atoms with Gasteiger partial charge in [0.25, 0.3) is 5.91 Å². The third-order valence-electron chi connectivity index (χ3n) is 2.08. The van der Waals surface area contributed by atoms with Gasteiger partial charge < -0.3 is 10.4 Å². The van der Waals surface area contributed by atoms with Gasteiger partial charge in [-0.2, -0.15) is 0 Å². The fourth-order valence-corrected chi connectivity index (χ4v) is 1.22. The fraction of sp³-hybridized carbons (Fsp3) is 0.364. The monoisotopic (exact) mass is 245 g/mol. The van der Waals surface area contributed by atoms with Gasteiger partial charge in [0.15, 0.2) is 0 Å². The lowest BCUT2D eigenvalue weighted by Crippen LogP contribution is -2.28. The van der Waals surface area contributed by atoms with Crippen LogP contribution < -0.4 is 5.32 Å². The number of carbonyl (C=O) groups excluding carboxylic acids is 1. The van der Waals surface area contributed by atoms with Crippen molar-refractivity contribution in [1.29, 1.82) is 0 Å². The molecule has 1 unspecified atom stereocenters. The lowest BCUT2D eigenvalue weighted by atomic mass is 10.1. The van der Waals surface area contributed by atoms with Crippen molar-refractivity contribution in [2.75, 3.05) is 12.4 Å². The van der Waals surface area contributed by atoms with Crippen LogP contribution >= 0.6 is 11.6 Å². The van der Waals surface area contributed by atoms with Gasteiger partial charge in [-0.15, -0.1) is 11.6 Å². The Hall–Kier alpha value is -1.29. The first kappa shape index (κ1) is 12.8. The molecule has 1 rings (SSSR count). The second-order valence-corrected chi connectivity index (χ2v) is 3.94. The number of phenolic OH excluding ortho intramolecular Hbond substituents is 1. The van der Waals surface area contributed by atoms with Gasteiger partial charge in [-0.25, -0.2) is 4.39 Å². The van der Waals surface area contributed by atoms with Crippen LogP contribution in [0, 0.1) is 11.7 Å². The summed E-state index contributed by atoms with van der Waals surface area (Å²) in [5.74, 6) is -0.794. The van der Waals surface area contributed by atoms with E-state index in [1.54, 1.807) is 0 Å². The van der Waals surface area contributed by atoms with Gasteiger partial charge in [-0.05, 0) is 18.1 Å². The first-order valence-corrected chi connectivity index (χ1v) is 5.40. The topological polar surface area (TPSA) is 49.3 Å². The zero-order valence-corrected chi connectivity index (χ0v) is 9.59. The summed E-state index contributed by atoms with van der Waals surface area (Å²) in [5, 5.41) is 12.0. The summed E-state index contributed by atoms with van der Waals surface area (Å²) in [6, 6.07) is 3.27. The molecule has 1 aromatic rings. The summed E-state index contributed by atoms with van der Waals surface area (Å²) in [6.07, 6.45) is 0. The number of aromatic hydroxyl groups is 1. The number of nitrogens with one attached hydrogen (secondary N) is 1. The van der Waals surface area contributed by atoms with Gasteiger partial charge >= 0.3 is 0 Å². The van der Waals surface area contributed by atoms with Crippen molar-refractivity contribution in [3.8, 4) is 5.75 Å². The van der Waals surface area contributed by atoms with Crippen LogP contribution in [-0.2, 0) is 0 Å². The summed E-state index contributed by atoms with van der Waals surface area (Å²) in [4.78, 5) is 11.6. The van der Waals surface area contributed by atoms with E-state index in [0.29, 0.717) is 12.4 Å². The number of amides is 1. The van der Waals surface area contributed by atoms with E-state index in [9.17, 15) is 14.3 Å². The zero-order chi connectivity index (χ0) is 12.1. The number of carbonyl (C=O) groups is 1. The molecule has 88 valence electrons. The Kier molecular flexibility index (Phi) is 4.55. The number of phenols is 1. The van der Waals surface area contributed by atoms with Gasteiger partial charge in [0.1, 0.15) is 11.6 Å². The normalized spacial score (nSPS) is 12.2. The molecule has 0 saturated heterocycles. The predicted molar refractivity (Wildman–Crippen MR) is 60.3 cm³/mol. The molecule has 0 bridgehead atoms. The average Bonchev–Trinajstić information content (AvgIpc) is 2.25. The second kappa shape index (κ2) is 5.70. The summed E-state index contributed by atoms with van der Waals surface area (Å²) in [7, 11) is 0. The van der Waals surface area contributed by atoms with Crippen LogP contribution in [-0.4, -0.2) is 23.4 Å². The highest BCUT2D eigenvalue weighted by molar-refractivity contribution is 6.18. The Bertz CT molecular complexity index is 384. The quantitative estimate of drug-likeness (QED) is 0.799. The van der Waals surface area contributed by atoms with E-state index >= 15 is 0 Å². The third-order valence-corrected chi connectivity index (χ3v) is 2.61. The highest BCUT2D eigenvalue weighted by Gasteiger charge is 2.12. The third kappa shape index (κ3) is 3.38. The summed E-state index contributed by atoms with van der Waals surface area (Å²) < 4.78 is 12.7. The van der Waals surface area contributed by atoms with Crippen LogP contribution in [0.15, 0.2) is 18.2 Å². The van der Waals surface area contributed by atoms with E-state index in [2.05, 4.69) is 5.32 Å². The molecule has 16 heavy (non-hydrogen) atoms. The first-order valence-electron chi connectivity index (χ1n) is 4.87. The van der Waals surface area contributed by atoms with Gasteiger partial charge in [-0.3, -0.25) is 4.79 Å². The van der Waals surface area contributed by atoms with Crippen LogP contribution in [0.2, 0.25) is 0 Å². The van der Waals surface area contributed by atoms with E-state index in [4.69, 9.17) is 11.6 Å². The van der Waals surface area contributed by atoms with Crippen LogP contribution in [0.4, 0.5) is 4.39 Å². The Morgan fingerprint density at radius 1 is 1.62 bits per heavy atom. The lowest BCUT2D eigenvalue weighted by Gasteiger charge is -2.10. The maximum absolute atomic E-state index is 12.7. The predicted octanol–water partition coefficient (Wildman–Crippen LogP) is 2.14. The molecule has 0 saturated carbocycles. The maximum atomic E-state index is 12.7. The molecule has 0 heterocycles. The molecule has 1 amide bonds. The number of hydrogen-bond donors (Lipinski definition) is 2. The molecule has 0 radical (unpaired) electrons. The van der Waals surface area contributed by atoms with E-state index in [1.807, 2.05) is 6.92 Å². The first-order chi connectivity index (χ1) is 7.54. The van der Waals surface area contributed by atoms with Gasteiger partial charge in [0.2, 0.25) is 0 Å². The minimum atomic E-state index is -0.580. The molecular formula is C11H13ClFNO2. The molecule has 2 N–H and O–H groups in total. The molecule has 0 aliphatic carbocycles.